The number of nitrogens with zero attached hydrogens (tertiary/aromatic N) is 2. The molecule has 1 aliphatic heterocycles. The number of hydrogen-bond acceptors (Lipinski definition) is 5. The van der Waals surface area contributed by atoms with Gasteiger partial charge in [0.2, 0.25) is 0 Å². The fourth-order valence-corrected chi connectivity index (χ4v) is 3.98. The van der Waals surface area contributed by atoms with E-state index in [0.29, 0.717) is 31.4 Å². The Morgan fingerprint density at radius 1 is 1.11 bits per heavy atom. The molecule has 0 radical (unpaired) electrons. The second kappa shape index (κ2) is 10.3. The van der Waals surface area contributed by atoms with E-state index in [1.165, 1.54) is 38.5 Å². The molecule has 1 saturated carbocycles. The van der Waals surface area contributed by atoms with Gasteiger partial charge in [-0.15, -0.1) is 0 Å². The minimum atomic E-state index is -0.272. The highest BCUT2D eigenvalue weighted by atomic mass is 16.6. The molecule has 1 aliphatic carbocycles. The summed E-state index contributed by atoms with van der Waals surface area (Å²) in [7, 11) is 0. The zero-order valence-electron chi connectivity index (χ0n) is 16.8. The summed E-state index contributed by atoms with van der Waals surface area (Å²) in [5, 5.41) is 6.63. The van der Waals surface area contributed by atoms with Crippen LogP contribution in [0.3, 0.4) is 0 Å². The Hall–Kier alpha value is -2.31. The summed E-state index contributed by atoms with van der Waals surface area (Å²) in [6.07, 6.45) is 10.4. The van der Waals surface area contributed by atoms with Gasteiger partial charge >= 0.3 is 6.09 Å². The molecule has 2 heterocycles. The molecule has 2 amide bonds. The van der Waals surface area contributed by atoms with E-state index >= 15 is 0 Å². The summed E-state index contributed by atoms with van der Waals surface area (Å²) >= 11 is 0. The Kier molecular flexibility index (Phi) is 7.51. The van der Waals surface area contributed by atoms with Crippen molar-refractivity contribution >= 4 is 17.7 Å². The van der Waals surface area contributed by atoms with Crippen LogP contribution in [0.5, 0.6) is 0 Å². The summed E-state index contributed by atoms with van der Waals surface area (Å²) in [5.74, 6) is -0.154. The summed E-state index contributed by atoms with van der Waals surface area (Å²) in [6.45, 7) is 3.38. The van der Waals surface area contributed by atoms with Crippen LogP contribution in [0.15, 0.2) is 18.3 Å². The Morgan fingerprint density at radius 2 is 1.82 bits per heavy atom. The van der Waals surface area contributed by atoms with Gasteiger partial charge in [-0.05, 0) is 44.7 Å². The topological polar surface area (TPSA) is 83.6 Å². The lowest BCUT2D eigenvalue weighted by molar-refractivity contribution is 0.0856. The number of ether oxygens (including phenoxy) is 1. The van der Waals surface area contributed by atoms with Crippen molar-refractivity contribution in [2.75, 3.05) is 25.0 Å². The maximum absolute atomic E-state index is 12.6. The molecule has 28 heavy (non-hydrogen) atoms. The predicted octanol–water partition coefficient (Wildman–Crippen LogP) is 3.57. The standard InChI is InChI=1S/C21H32N4O3/c1-2-28-21(27)25-13-10-17(11-14-25)24-20(26)19-15-18(9-12-22-19)23-16-7-5-3-4-6-8-16/h9,12,15-17H,2-8,10-11,13-14H2,1H3,(H,22,23)(H,24,26). The number of aromatic nitrogens is 1. The van der Waals surface area contributed by atoms with Gasteiger partial charge in [-0.3, -0.25) is 9.78 Å². The van der Waals surface area contributed by atoms with Crippen LogP contribution in [0.2, 0.25) is 0 Å². The molecule has 2 N–H and O–H groups in total. The highest BCUT2D eigenvalue weighted by molar-refractivity contribution is 5.93. The van der Waals surface area contributed by atoms with Gasteiger partial charge in [0.05, 0.1) is 6.61 Å². The molecule has 0 aromatic carbocycles. The average molecular weight is 389 g/mol. The molecular weight excluding hydrogens is 356 g/mol. The van der Waals surface area contributed by atoms with Crippen LogP contribution >= 0.6 is 0 Å². The maximum atomic E-state index is 12.6. The Bertz CT molecular complexity index is 651. The third-order valence-electron chi connectivity index (χ3n) is 5.57. The lowest BCUT2D eigenvalue weighted by atomic mass is 10.1. The molecule has 0 spiro atoms. The molecule has 2 fully saturated rings. The third kappa shape index (κ3) is 5.84. The SMILES string of the molecule is CCOC(=O)N1CCC(NC(=O)c2cc(NC3CCCCCC3)ccn2)CC1. The van der Waals surface area contributed by atoms with Gasteiger partial charge in [0, 0.05) is 37.1 Å². The van der Waals surface area contributed by atoms with Gasteiger partial charge in [-0.1, -0.05) is 25.7 Å². The second-order valence-corrected chi connectivity index (χ2v) is 7.70. The number of nitrogens with one attached hydrogen (secondary N) is 2. The molecule has 0 bridgehead atoms. The fourth-order valence-electron chi connectivity index (χ4n) is 3.98. The van der Waals surface area contributed by atoms with Crippen LogP contribution in [0.25, 0.3) is 0 Å². The minimum Gasteiger partial charge on any atom is -0.450 e. The van der Waals surface area contributed by atoms with E-state index in [4.69, 9.17) is 4.74 Å². The number of hydrogen-bond donors (Lipinski definition) is 2. The van der Waals surface area contributed by atoms with E-state index in [1.54, 1.807) is 18.0 Å². The van der Waals surface area contributed by atoms with Crippen molar-refractivity contribution < 1.29 is 14.3 Å². The average Bonchev–Trinajstić information content (AvgIpc) is 2.97. The number of likely N-dealkylation sites (tertiary alicyclic amines) is 1. The van der Waals surface area contributed by atoms with E-state index in [1.807, 2.05) is 12.1 Å². The summed E-state index contributed by atoms with van der Waals surface area (Å²) in [5.41, 5.74) is 1.40. The van der Waals surface area contributed by atoms with Crippen molar-refractivity contribution in [3.05, 3.63) is 24.0 Å². The highest BCUT2D eigenvalue weighted by Crippen LogP contribution is 2.21. The van der Waals surface area contributed by atoms with Crippen LogP contribution < -0.4 is 10.6 Å². The Balaban J connectivity index is 1.50. The lowest BCUT2D eigenvalue weighted by Gasteiger charge is -2.31. The lowest BCUT2D eigenvalue weighted by Crippen LogP contribution is -2.46. The van der Waals surface area contributed by atoms with Crippen molar-refractivity contribution in [3.63, 3.8) is 0 Å². The van der Waals surface area contributed by atoms with Crippen molar-refractivity contribution in [2.24, 2.45) is 0 Å². The molecule has 7 heteroatoms. The predicted molar refractivity (Wildman–Crippen MR) is 108 cm³/mol. The van der Waals surface area contributed by atoms with Gasteiger partial charge in [-0.25, -0.2) is 4.79 Å². The van der Waals surface area contributed by atoms with Crippen LogP contribution in [0.1, 0.15) is 68.8 Å². The maximum Gasteiger partial charge on any atom is 0.409 e. The normalized spacial score (nSPS) is 19.0. The molecule has 2 aliphatic rings. The first-order valence-corrected chi connectivity index (χ1v) is 10.6. The molecule has 1 aromatic heterocycles. The fraction of sp³-hybridized carbons (Fsp3) is 0.667. The highest BCUT2D eigenvalue weighted by Gasteiger charge is 2.25. The van der Waals surface area contributed by atoms with Gasteiger partial charge in [0.25, 0.3) is 5.91 Å². The molecule has 0 atom stereocenters. The zero-order chi connectivity index (χ0) is 19.8. The number of amides is 2. The number of piperidine rings is 1. The molecule has 3 rings (SSSR count). The van der Waals surface area contributed by atoms with Crippen LogP contribution in [-0.4, -0.2) is 53.7 Å². The number of rotatable bonds is 5. The quantitative estimate of drug-likeness (QED) is 0.754. The van der Waals surface area contributed by atoms with Crippen molar-refractivity contribution in [3.8, 4) is 0 Å². The van der Waals surface area contributed by atoms with Crippen molar-refractivity contribution in [2.45, 2.75) is 70.4 Å². The number of carbonyl (C=O) groups is 2. The minimum absolute atomic E-state index is 0.0541. The summed E-state index contributed by atoms with van der Waals surface area (Å²) in [6, 6.07) is 4.31. The van der Waals surface area contributed by atoms with Gasteiger partial charge < -0.3 is 20.3 Å². The monoisotopic (exact) mass is 388 g/mol. The first kappa shape index (κ1) is 20.4. The Morgan fingerprint density at radius 3 is 2.50 bits per heavy atom. The van der Waals surface area contributed by atoms with Gasteiger partial charge in [-0.2, -0.15) is 0 Å². The molecule has 1 aromatic rings. The number of pyridine rings is 1. The van der Waals surface area contributed by atoms with E-state index in [9.17, 15) is 9.59 Å². The molecule has 154 valence electrons. The molecular formula is C21H32N4O3. The first-order valence-electron chi connectivity index (χ1n) is 10.6. The van der Waals surface area contributed by atoms with Crippen LogP contribution in [0, 0.1) is 0 Å². The zero-order valence-corrected chi connectivity index (χ0v) is 16.8. The van der Waals surface area contributed by atoms with Crippen LogP contribution in [-0.2, 0) is 4.74 Å². The first-order chi connectivity index (χ1) is 13.7. The summed E-state index contributed by atoms with van der Waals surface area (Å²) in [4.78, 5) is 30.3. The van der Waals surface area contributed by atoms with E-state index in [0.717, 1.165) is 18.5 Å². The van der Waals surface area contributed by atoms with E-state index < -0.39 is 0 Å². The third-order valence-corrected chi connectivity index (χ3v) is 5.57. The number of carbonyl (C=O) groups excluding carboxylic acids is 2. The van der Waals surface area contributed by atoms with E-state index in [-0.39, 0.29) is 18.0 Å². The van der Waals surface area contributed by atoms with Gasteiger partial charge in [0.1, 0.15) is 5.69 Å². The van der Waals surface area contributed by atoms with Gasteiger partial charge in [0.15, 0.2) is 0 Å². The number of anilines is 1. The van der Waals surface area contributed by atoms with Crippen molar-refractivity contribution in [1.29, 1.82) is 0 Å². The smallest absolute Gasteiger partial charge is 0.409 e. The van der Waals surface area contributed by atoms with Crippen molar-refractivity contribution in [1.82, 2.24) is 15.2 Å². The summed E-state index contributed by atoms with van der Waals surface area (Å²) < 4.78 is 5.03. The molecule has 1 saturated heterocycles. The van der Waals surface area contributed by atoms with E-state index in [2.05, 4.69) is 15.6 Å². The Labute approximate surface area is 167 Å². The molecule has 0 unspecified atom stereocenters. The molecule has 7 nitrogen and oxygen atoms in total. The largest absolute Gasteiger partial charge is 0.450 e. The van der Waals surface area contributed by atoms with Crippen LogP contribution in [0.4, 0.5) is 10.5 Å². The second-order valence-electron chi connectivity index (χ2n) is 7.70.